The molecule has 6 heteroatoms. The molecule has 4 rings (SSSR count). The van der Waals surface area contributed by atoms with Gasteiger partial charge in [0, 0.05) is 11.6 Å². The average Bonchev–Trinajstić information content (AvgIpc) is 2.72. The first kappa shape index (κ1) is 19.5. The molecule has 1 saturated heterocycles. The predicted molar refractivity (Wildman–Crippen MR) is 109 cm³/mol. The van der Waals surface area contributed by atoms with Crippen molar-refractivity contribution >= 4 is 22.4 Å². The quantitative estimate of drug-likeness (QED) is 0.592. The molecule has 0 saturated carbocycles. The monoisotopic (exact) mass is 397 g/mol. The molecule has 0 aliphatic carbocycles. The number of benzene rings is 3. The summed E-state index contributed by atoms with van der Waals surface area (Å²) in [4.78, 5) is 14.9. The van der Waals surface area contributed by atoms with Crippen LogP contribution in [0.15, 0.2) is 60.7 Å². The summed E-state index contributed by atoms with van der Waals surface area (Å²) in [5.41, 5.74) is 1.38. The van der Waals surface area contributed by atoms with Gasteiger partial charge in [-0.25, -0.2) is 8.78 Å². The maximum Gasteiger partial charge on any atom is 0.279 e. The second-order valence-electron chi connectivity index (χ2n) is 7.66. The van der Waals surface area contributed by atoms with Crippen LogP contribution in [0.2, 0.25) is 0 Å². The Morgan fingerprint density at radius 2 is 1.62 bits per heavy atom. The molecule has 1 fully saturated rings. The molecule has 1 aliphatic rings. The van der Waals surface area contributed by atoms with Gasteiger partial charge in [0.2, 0.25) is 0 Å². The summed E-state index contributed by atoms with van der Waals surface area (Å²) in [7, 11) is 0. The lowest BCUT2D eigenvalue weighted by atomic mass is 10.0. The fourth-order valence-corrected chi connectivity index (χ4v) is 4.04. The Balaban J connectivity index is 1.29. The van der Waals surface area contributed by atoms with E-state index in [1.54, 1.807) is 0 Å². The van der Waals surface area contributed by atoms with E-state index < -0.39 is 11.6 Å². The highest BCUT2D eigenvalue weighted by molar-refractivity contribution is 5.91. The average molecular weight is 397 g/mol. The van der Waals surface area contributed by atoms with Gasteiger partial charge in [-0.1, -0.05) is 42.5 Å². The highest BCUT2D eigenvalue weighted by Gasteiger charge is 2.25. The van der Waals surface area contributed by atoms with Crippen LogP contribution in [0.4, 0.5) is 14.5 Å². The van der Waals surface area contributed by atoms with E-state index in [0.29, 0.717) is 6.54 Å². The van der Waals surface area contributed by atoms with Gasteiger partial charge in [-0.2, -0.15) is 0 Å². The van der Waals surface area contributed by atoms with E-state index in [1.165, 1.54) is 32.2 Å². The molecule has 0 radical (unpaired) electrons. The van der Waals surface area contributed by atoms with Gasteiger partial charge in [-0.15, -0.1) is 0 Å². The van der Waals surface area contributed by atoms with Gasteiger partial charge in [0.05, 0.1) is 5.69 Å². The van der Waals surface area contributed by atoms with Crippen molar-refractivity contribution in [1.82, 2.24) is 0 Å². The first-order valence-electron chi connectivity index (χ1n) is 9.97. The summed E-state index contributed by atoms with van der Waals surface area (Å²) < 4.78 is 26.7. The maximum absolute atomic E-state index is 13.7. The number of nitrogens with one attached hydrogen (secondary N) is 3. The van der Waals surface area contributed by atoms with E-state index in [4.69, 9.17) is 0 Å². The molecule has 150 valence electrons. The molecule has 3 aromatic rings. The van der Waals surface area contributed by atoms with Crippen molar-refractivity contribution in [3.8, 4) is 0 Å². The van der Waals surface area contributed by atoms with Crippen molar-refractivity contribution in [3.63, 3.8) is 0 Å². The molecule has 1 amide bonds. The maximum atomic E-state index is 13.7. The van der Waals surface area contributed by atoms with E-state index >= 15 is 0 Å². The van der Waals surface area contributed by atoms with Crippen molar-refractivity contribution in [2.24, 2.45) is 0 Å². The zero-order valence-corrected chi connectivity index (χ0v) is 16.2. The van der Waals surface area contributed by atoms with Gasteiger partial charge in [0.1, 0.15) is 44.4 Å². The van der Waals surface area contributed by atoms with Crippen LogP contribution in [0, 0.1) is 11.6 Å². The fraction of sp³-hybridized carbons (Fsp3) is 0.261. The summed E-state index contributed by atoms with van der Waals surface area (Å²) in [6.45, 7) is 5.01. The number of piperazine rings is 1. The van der Waals surface area contributed by atoms with Gasteiger partial charge < -0.3 is 15.1 Å². The molecule has 0 atom stereocenters. The van der Waals surface area contributed by atoms with E-state index in [2.05, 4.69) is 47.8 Å². The lowest BCUT2D eigenvalue weighted by Crippen LogP contribution is -3.28. The Morgan fingerprint density at radius 3 is 2.41 bits per heavy atom. The highest BCUT2D eigenvalue weighted by Crippen LogP contribution is 2.17. The smallest absolute Gasteiger partial charge is 0.279 e. The third-order valence-corrected chi connectivity index (χ3v) is 5.60. The molecular formula is C23H25F2N3O+2. The van der Waals surface area contributed by atoms with Crippen LogP contribution in [0.3, 0.4) is 0 Å². The minimum atomic E-state index is -0.752. The van der Waals surface area contributed by atoms with Gasteiger partial charge in [0.25, 0.3) is 5.91 Å². The van der Waals surface area contributed by atoms with Crippen LogP contribution in [0.5, 0.6) is 0 Å². The van der Waals surface area contributed by atoms with Gasteiger partial charge >= 0.3 is 0 Å². The number of anilines is 1. The Labute approximate surface area is 168 Å². The molecular weight excluding hydrogens is 372 g/mol. The molecule has 1 aliphatic heterocycles. The summed E-state index contributed by atoms with van der Waals surface area (Å²) in [5.74, 6) is -1.66. The molecule has 1 heterocycles. The zero-order valence-electron chi connectivity index (χ0n) is 16.2. The van der Waals surface area contributed by atoms with Crippen LogP contribution in [-0.4, -0.2) is 38.6 Å². The van der Waals surface area contributed by atoms with Crippen LogP contribution < -0.4 is 15.1 Å². The number of rotatable bonds is 5. The minimum Gasteiger partial charge on any atom is -0.322 e. The largest absolute Gasteiger partial charge is 0.322 e. The standard InChI is InChI=1S/C23H23F2N3O/c24-19-8-9-22(21(25)14-19)26-23(29)16-28-12-10-27(11-13-28)15-18-6-3-5-17-4-1-2-7-20(17)18/h1-9,14H,10-13,15-16H2,(H,26,29)/p+2. The van der Waals surface area contributed by atoms with E-state index in [0.717, 1.165) is 44.9 Å². The molecule has 0 spiro atoms. The second-order valence-corrected chi connectivity index (χ2v) is 7.66. The van der Waals surface area contributed by atoms with Crippen molar-refractivity contribution in [1.29, 1.82) is 0 Å². The third kappa shape index (κ3) is 4.78. The molecule has 3 N–H and O–H groups in total. The fourth-order valence-electron chi connectivity index (χ4n) is 4.04. The molecule has 3 aromatic carbocycles. The molecule has 0 aromatic heterocycles. The second kappa shape index (κ2) is 8.68. The number of fused-ring (bicyclic) bond motifs is 1. The first-order chi connectivity index (χ1) is 14.1. The van der Waals surface area contributed by atoms with E-state index in [-0.39, 0.29) is 11.6 Å². The normalized spacial score (nSPS) is 19.2. The van der Waals surface area contributed by atoms with Crippen molar-refractivity contribution in [2.75, 3.05) is 38.0 Å². The third-order valence-electron chi connectivity index (χ3n) is 5.60. The summed E-state index contributed by atoms with van der Waals surface area (Å²) in [5, 5.41) is 5.11. The van der Waals surface area contributed by atoms with Gasteiger partial charge in [-0.05, 0) is 22.9 Å². The minimum absolute atomic E-state index is 0.0241. The van der Waals surface area contributed by atoms with Crippen LogP contribution in [0.1, 0.15) is 5.56 Å². The van der Waals surface area contributed by atoms with Crippen molar-refractivity contribution in [2.45, 2.75) is 6.54 Å². The number of carbonyl (C=O) groups is 1. The SMILES string of the molecule is O=C(C[NH+]1CC[NH+](Cc2cccc3ccccc23)CC1)Nc1ccc(F)cc1F. The highest BCUT2D eigenvalue weighted by atomic mass is 19.1. The number of quaternary nitrogens is 2. The zero-order chi connectivity index (χ0) is 20.2. The van der Waals surface area contributed by atoms with Gasteiger partial charge in [0.15, 0.2) is 6.54 Å². The number of hydrogen-bond donors (Lipinski definition) is 3. The Kier molecular flexibility index (Phi) is 5.83. The van der Waals surface area contributed by atoms with Crippen LogP contribution in [0.25, 0.3) is 10.8 Å². The number of hydrogen-bond acceptors (Lipinski definition) is 1. The molecule has 0 bridgehead atoms. The Hall–Kier alpha value is -2.83. The number of amides is 1. The first-order valence-corrected chi connectivity index (χ1v) is 9.97. The lowest BCUT2D eigenvalue weighted by Gasteiger charge is -2.29. The number of halogens is 2. The molecule has 0 unspecified atom stereocenters. The Morgan fingerprint density at radius 1 is 0.897 bits per heavy atom. The van der Waals surface area contributed by atoms with Crippen LogP contribution in [-0.2, 0) is 11.3 Å². The predicted octanol–water partition coefficient (Wildman–Crippen LogP) is 1.04. The van der Waals surface area contributed by atoms with Crippen molar-refractivity contribution < 1.29 is 23.4 Å². The number of carbonyl (C=O) groups excluding carboxylic acids is 1. The van der Waals surface area contributed by atoms with Gasteiger partial charge in [-0.3, -0.25) is 4.79 Å². The molecule has 4 nitrogen and oxygen atoms in total. The summed E-state index contributed by atoms with van der Waals surface area (Å²) in [6, 6.07) is 18.1. The van der Waals surface area contributed by atoms with E-state index in [9.17, 15) is 13.6 Å². The lowest BCUT2D eigenvalue weighted by molar-refractivity contribution is -1.01. The summed E-state index contributed by atoms with van der Waals surface area (Å²) >= 11 is 0. The topological polar surface area (TPSA) is 38.0 Å². The molecule has 29 heavy (non-hydrogen) atoms. The van der Waals surface area contributed by atoms with E-state index in [1.807, 2.05) is 0 Å². The van der Waals surface area contributed by atoms with Crippen molar-refractivity contribution in [3.05, 3.63) is 77.9 Å². The summed E-state index contributed by atoms with van der Waals surface area (Å²) in [6.07, 6.45) is 0. The van der Waals surface area contributed by atoms with Crippen LogP contribution >= 0.6 is 0 Å². The Bertz CT molecular complexity index is 1010.